The smallest absolute Gasteiger partial charge is 0.255 e. The Balaban J connectivity index is 2.24. The minimum absolute atomic E-state index is 0.182. The number of anilines is 2. The third-order valence-corrected chi connectivity index (χ3v) is 3.50. The van der Waals surface area contributed by atoms with Gasteiger partial charge in [-0.25, -0.2) is 0 Å². The Morgan fingerprint density at radius 1 is 1.09 bits per heavy atom. The summed E-state index contributed by atoms with van der Waals surface area (Å²) in [5, 5.41) is 6.61. The summed E-state index contributed by atoms with van der Waals surface area (Å²) in [6.07, 6.45) is 0. The molecule has 1 amide bonds. The average molecular weight is 334 g/mol. The number of hydrogen-bond donors (Lipinski definition) is 3. The van der Waals surface area contributed by atoms with Crippen LogP contribution in [-0.4, -0.2) is 11.0 Å². The summed E-state index contributed by atoms with van der Waals surface area (Å²) < 4.78 is 0. The number of carbonyl (C=O) groups excluding carboxylic acids is 1. The predicted octanol–water partition coefficient (Wildman–Crippen LogP) is 3.86. The molecule has 2 aromatic rings. The molecule has 0 aliphatic rings. The Morgan fingerprint density at radius 2 is 1.64 bits per heavy atom. The highest BCUT2D eigenvalue weighted by Crippen LogP contribution is 2.25. The van der Waals surface area contributed by atoms with Crippen molar-refractivity contribution < 1.29 is 4.79 Å². The lowest BCUT2D eigenvalue weighted by molar-refractivity contribution is 0.102. The third kappa shape index (κ3) is 3.96. The van der Waals surface area contributed by atoms with E-state index in [-0.39, 0.29) is 11.0 Å². The molecule has 0 radical (unpaired) electrons. The van der Waals surface area contributed by atoms with E-state index >= 15 is 0 Å². The fraction of sp³-hybridized carbons (Fsp3) is 0.125. The summed E-state index contributed by atoms with van der Waals surface area (Å²) >= 11 is 10.7. The first-order valence-corrected chi connectivity index (χ1v) is 7.40. The molecule has 2 aromatic carbocycles. The van der Waals surface area contributed by atoms with E-state index < -0.39 is 0 Å². The van der Waals surface area contributed by atoms with E-state index in [0.717, 1.165) is 22.5 Å². The van der Waals surface area contributed by atoms with Crippen molar-refractivity contribution >= 4 is 46.2 Å². The van der Waals surface area contributed by atoms with E-state index in [1.165, 1.54) is 0 Å². The van der Waals surface area contributed by atoms with E-state index in [4.69, 9.17) is 29.6 Å². The van der Waals surface area contributed by atoms with Crippen molar-refractivity contribution in [3.63, 3.8) is 0 Å². The van der Waals surface area contributed by atoms with Crippen molar-refractivity contribution in [1.82, 2.24) is 0 Å². The molecule has 0 aromatic heterocycles. The van der Waals surface area contributed by atoms with Crippen LogP contribution in [-0.2, 0) is 0 Å². The summed E-state index contributed by atoms with van der Waals surface area (Å²) in [5.74, 6) is -0.182. The number of nitrogens with two attached hydrogens (primary N) is 1. The number of hydrogen-bond acceptors (Lipinski definition) is 2. The van der Waals surface area contributed by atoms with E-state index in [0.29, 0.717) is 10.6 Å². The van der Waals surface area contributed by atoms with Crippen LogP contribution in [0.3, 0.4) is 0 Å². The average Bonchev–Trinajstić information content (AvgIpc) is 2.42. The quantitative estimate of drug-likeness (QED) is 0.746. The fourth-order valence-corrected chi connectivity index (χ4v) is 2.41. The first-order chi connectivity index (χ1) is 10.4. The standard InChI is InChI=1S/C16H16ClN3OS/c1-9-7-13(19-16(18)22)8-10(2)14(9)20-15(21)11-3-5-12(17)6-4-11/h3-8H,1-2H3,(H,20,21)(H3,18,19,22). The van der Waals surface area contributed by atoms with Gasteiger partial charge in [-0.3, -0.25) is 4.79 Å². The highest BCUT2D eigenvalue weighted by atomic mass is 35.5. The van der Waals surface area contributed by atoms with Gasteiger partial charge >= 0.3 is 0 Å². The van der Waals surface area contributed by atoms with Gasteiger partial charge in [-0.15, -0.1) is 0 Å². The zero-order valence-electron chi connectivity index (χ0n) is 12.2. The van der Waals surface area contributed by atoms with E-state index in [1.807, 2.05) is 26.0 Å². The van der Waals surface area contributed by atoms with Gasteiger partial charge in [0.25, 0.3) is 5.91 Å². The summed E-state index contributed by atoms with van der Waals surface area (Å²) in [5.41, 5.74) is 9.43. The van der Waals surface area contributed by atoms with Crippen molar-refractivity contribution in [2.75, 3.05) is 10.6 Å². The molecule has 0 fully saturated rings. The molecule has 0 heterocycles. The van der Waals surface area contributed by atoms with Crippen LogP contribution in [0.5, 0.6) is 0 Å². The van der Waals surface area contributed by atoms with Crippen LogP contribution in [0.4, 0.5) is 11.4 Å². The van der Waals surface area contributed by atoms with Gasteiger partial charge < -0.3 is 16.4 Å². The molecule has 0 saturated carbocycles. The van der Waals surface area contributed by atoms with Gasteiger partial charge in [-0.05, 0) is 73.6 Å². The second-order valence-electron chi connectivity index (χ2n) is 4.94. The maximum atomic E-state index is 12.3. The Kier molecular flexibility index (Phi) is 5.00. The molecule has 0 aliphatic carbocycles. The van der Waals surface area contributed by atoms with Crippen molar-refractivity contribution in [3.8, 4) is 0 Å². The molecule has 0 atom stereocenters. The summed E-state index contributed by atoms with van der Waals surface area (Å²) in [6, 6.07) is 10.5. The largest absolute Gasteiger partial charge is 0.376 e. The molecule has 0 bridgehead atoms. The molecule has 6 heteroatoms. The molecule has 0 spiro atoms. The number of thiocarbonyl (C=S) groups is 1. The first-order valence-electron chi connectivity index (χ1n) is 6.61. The minimum atomic E-state index is -0.182. The number of amides is 1. The van der Waals surface area contributed by atoms with Crippen LogP contribution in [0.15, 0.2) is 36.4 Å². The lowest BCUT2D eigenvalue weighted by atomic mass is 10.1. The van der Waals surface area contributed by atoms with Crippen LogP contribution >= 0.6 is 23.8 Å². The van der Waals surface area contributed by atoms with Crippen LogP contribution < -0.4 is 16.4 Å². The van der Waals surface area contributed by atoms with Crippen LogP contribution in [0.1, 0.15) is 21.5 Å². The van der Waals surface area contributed by atoms with Gasteiger partial charge in [0.2, 0.25) is 0 Å². The molecule has 2 rings (SSSR count). The second-order valence-corrected chi connectivity index (χ2v) is 5.81. The topological polar surface area (TPSA) is 67.2 Å². The van der Waals surface area contributed by atoms with Crippen LogP contribution in [0.25, 0.3) is 0 Å². The van der Waals surface area contributed by atoms with Gasteiger partial charge in [0, 0.05) is 22.0 Å². The molecule has 4 nitrogen and oxygen atoms in total. The Morgan fingerprint density at radius 3 is 2.14 bits per heavy atom. The Bertz CT molecular complexity index is 706. The van der Waals surface area contributed by atoms with Crippen molar-refractivity contribution in [3.05, 3.63) is 58.1 Å². The van der Waals surface area contributed by atoms with E-state index in [1.54, 1.807) is 24.3 Å². The van der Waals surface area contributed by atoms with Crippen molar-refractivity contribution in [1.29, 1.82) is 0 Å². The molecule has 0 saturated heterocycles. The predicted molar refractivity (Wildman–Crippen MR) is 95.7 cm³/mol. The molecule has 0 aliphatic heterocycles. The molecule has 114 valence electrons. The normalized spacial score (nSPS) is 10.1. The molecule has 22 heavy (non-hydrogen) atoms. The fourth-order valence-electron chi connectivity index (χ4n) is 2.16. The van der Waals surface area contributed by atoms with Gasteiger partial charge in [-0.1, -0.05) is 11.6 Å². The molecular weight excluding hydrogens is 318 g/mol. The summed E-state index contributed by atoms with van der Waals surface area (Å²) in [4.78, 5) is 12.3. The Hall–Kier alpha value is -2.11. The van der Waals surface area contributed by atoms with E-state index in [9.17, 15) is 4.79 Å². The third-order valence-electron chi connectivity index (χ3n) is 3.15. The van der Waals surface area contributed by atoms with Gasteiger partial charge in [0.1, 0.15) is 0 Å². The summed E-state index contributed by atoms with van der Waals surface area (Å²) in [7, 11) is 0. The monoisotopic (exact) mass is 333 g/mol. The molecule has 0 unspecified atom stereocenters. The maximum absolute atomic E-state index is 12.3. The Labute approximate surface area is 139 Å². The SMILES string of the molecule is Cc1cc(NC(N)=S)cc(C)c1NC(=O)c1ccc(Cl)cc1. The lowest BCUT2D eigenvalue weighted by Crippen LogP contribution is -2.19. The lowest BCUT2D eigenvalue weighted by Gasteiger charge is -2.14. The van der Waals surface area contributed by atoms with Gasteiger partial charge in [0.05, 0.1) is 0 Å². The number of rotatable bonds is 3. The summed E-state index contributed by atoms with van der Waals surface area (Å²) in [6.45, 7) is 3.82. The number of benzene rings is 2. The zero-order valence-corrected chi connectivity index (χ0v) is 13.8. The maximum Gasteiger partial charge on any atom is 0.255 e. The second kappa shape index (κ2) is 6.77. The van der Waals surface area contributed by atoms with E-state index in [2.05, 4.69) is 10.6 Å². The van der Waals surface area contributed by atoms with Crippen LogP contribution in [0, 0.1) is 13.8 Å². The number of carbonyl (C=O) groups is 1. The number of aryl methyl sites for hydroxylation is 2. The van der Waals surface area contributed by atoms with Crippen LogP contribution in [0.2, 0.25) is 5.02 Å². The van der Waals surface area contributed by atoms with Crippen molar-refractivity contribution in [2.24, 2.45) is 5.73 Å². The first kappa shape index (κ1) is 16.3. The van der Waals surface area contributed by atoms with Gasteiger partial charge in [-0.2, -0.15) is 0 Å². The minimum Gasteiger partial charge on any atom is -0.376 e. The van der Waals surface area contributed by atoms with Crippen molar-refractivity contribution in [2.45, 2.75) is 13.8 Å². The van der Waals surface area contributed by atoms with Gasteiger partial charge in [0.15, 0.2) is 5.11 Å². The zero-order chi connectivity index (χ0) is 16.3. The number of halogens is 1. The molecular formula is C16H16ClN3OS. The number of nitrogens with one attached hydrogen (secondary N) is 2. The molecule has 4 N–H and O–H groups in total. The highest BCUT2D eigenvalue weighted by molar-refractivity contribution is 7.80. The highest BCUT2D eigenvalue weighted by Gasteiger charge is 2.11.